The van der Waals surface area contributed by atoms with Crippen LogP contribution in [0.25, 0.3) is 10.8 Å². The Balaban J connectivity index is 1.31. The largest absolute Gasteiger partial charge is 0.418 e. The van der Waals surface area contributed by atoms with Gasteiger partial charge in [-0.2, -0.15) is 13.2 Å². The number of nitrogens with zero attached hydrogens (tertiary/aromatic N) is 2. The monoisotopic (exact) mass is 597 g/mol. The maximum absolute atomic E-state index is 13.8. The molecule has 0 aliphatic carbocycles. The molecule has 1 N–H and O–H groups in total. The van der Waals surface area contributed by atoms with Gasteiger partial charge < -0.3 is 5.32 Å². The summed E-state index contributed by atoms with van der Waals surface area (Å²) >= 11 is 1.83. The molecule has 6 rings (SSSR count). The predicted octanol–water partition coefficient (Wildman–Crippen LogP) is 5.66. The summed E-state index contributed by atoms with van der Waals surface area (Å²) in [6, 6.07) is 17.6. The molecule has 0 spiro atoms. The van der Waals surface area contributed by atoms with Crippen molar-refractivity contribution < 1.29 is 27.6 Å². The second-order valence-corrected chi connectivity index (χ2v) is 12.6. The fraction of sp³-hybridized carbons (Fsp3) is 0.241. The molecule has 41 heavy (non-hydrogen) atoms. The lowest BCUT2D eigenvalue weighted by atomic mass is 9.76. The van der Waals surface area contributed by atoms with Crippen molar-refractivity contribution in [3.05, 3.63) is 86.8 Å². The van der Waals surface area contributed by atoms with Crippen LogP contribution in [0, 0.1) is 5.92 Å². The average molecular weight is 598 g/mol. The lowest BCUT2D eigenvalue weighted by Gasteiger charge is -2.36. The summed E-state index contributed by atoms with van der Waals surface area (Å²) < 4.78 is 42.6. The molecule has 210 valence electrons. The molecule has 4 aromatic rings. The van der Waals surface area contributed by atoms with E-state index in [0.29, 0.717) is 20.5 Å². The van der Waals surface area contributed by atoms with Crippen LogP contribution in [0.3, 0.4) is 0 Å². The molecule has 1 aromatic heterocycles. The number of carbonyl (C=O) groups is 3. The number of fused-ring (bicyclic) bond motifs is 3. The molecule has 3 aromatic carbocycles. The molecule has 2 aliphatic heterocycles. The van der Waals surface area contributed by atoms with Gasteiger partial charge in [-0.25, -0.2) is 4.90 Å². The number of imide groups is 1. The van der Waals surface area contributed by atoms with Crippen molar-refractivity contribution in [2.75, 3.05) is 10.2 Å². The number of halogens is 3. The number of hydrogen-bond acceptors (Lipinski definition) is 6. The van der Waals surface area contributed by atoms with Crippen LogP contribution in [0.2, 0.25) is 0 Å². The molecule has 2 aliphatic rings. The first-order valence-electron chi connectivity index (χ1n) is 12.6. The van der Waals surface area contributed by atoms with Crippen LogP contribution in [-0.4, -0.2) is 27.5 Å². The number of anilines is 2. The summed E-state index contributed by atoms with van der Waals surface area (Å²) in [5.74, 6) is -2.99. The van der Waals surface area contributed by atoms with Gasteiger partial charge in [0.05, 0.1) is 22.2 Å². The summed E-state index contributed by atoms with van der Waals surface area (Å²) in [5, 5.41) is 4.04. The Bertz CT molecular complexity index is 1810. The van der Waals surface area contributed by atoms with E-state index in [0.717, 1.165) is 46.0 Å². The summed E-state index contributed by atoms with van der Waals surface area (Å²) in [7, 11) is 0. The highest BCUT2D eigenvalue weighted by Gasteiger charge is 2.60. The van der Waals surface area contributed by atoms with Crippen molar-refractivity contribution in [3.8, 4) is 0 Å². The Labute approximate surface area is 240 Å². The first-order valence-corrected chi connectivity index (χ1v) is 14.3. The molecule has 0 radical (unpaired) electrons. The number of benzene rings is 3. The molecule has 2 unspecified atom stereocenters. The maximum Gasteiger partial charge on any atom is 0.418 e. The van der Waals surface area contributed by atoms with Gasteiger partial charge in [-0.15, -0.1) is 0 Å². The van der Waals surface area contributed by atoms with E-state index in [1.54, 1.807) is 19.9 Å². The zero-order chi connectivity index (χ0) is 29.3. The maximum atomic E-state index is 13.8. The Morgan fingerprint density at radius 1 is 0.951 bits per heavy atom. The van der Waals surface area contributed by atoms with Gasteiger partial charge in [0.2, 0.25) is 17.7 Å². The Morgan fingerprint density at radius 2 is 1.63 bits per heavy atom. The molecule has 12 heteroatoms. The third kappa shape index (κ3) is 4.45. The number of thiazole rings is 1. The van der Waals surface area contributed by atoms with Crippen LogP contribution < -0.4 is 15.1 Å². The van der Waals surface area contributed by atoms with Crippen LogP contribution in [0.4, 0.5) is 24.5 Å². The van der Waals surface area contributed by atoms with Crippen molar-refractivity contribution >= 4 is 63.0 Å². The molecule has 3 amide bonds. The standard InChI is InChI=1S/C29H22F3N3O4S2/c1-28(2)21-22(25(38)35(24(21)37)19-10-6-5-9-18(19)29(30,31)32)40-26-23(28)41-27(39)34(26)14-20(36)33-17-12-11-15-7-3-4-8-16(15)13-17/h3-13,21-22H,14H2,1-2H3,(H,33,36). The molecular weight excluding hydrogens is 575 g/mol. The van der Waals surface area contributed by atoms with Gasteiger partial charge in [0.15, 0.2) is 0 Å². The molecule has 0 bridgehead atoms. The number of hydrogen-bond donors (Lipinski definition) is 1. The molecule has 3 heterocycles. The third-order valence-electron chi connectivity index (χ3n) is 7.49. The highest BCUT2D eigenvalue weighted by Crippen LogP contribution is 2.55. The Kier molecular flexibility index (Phi) is 6.38. The molecule has 1 fully saturated rings. The smallest absolute Gasteiger partial charge is 0.325 e. The quantitative estimate of drug-likeness (QED) is 0.307. The highest BCUT2D eigenvalue weighted by atomic mass is 32.2. The van der Waals surface area contributed by atoms with E-state index in [2.05, 4.69) is 5.32 Å². The van der Waals surface area contributed by atoms with E-state index in [4.69, 9.17) is 0 Å². The Morgan fingerprint density at radius 3 is 2.37 bits per heavy atom. The Hall–Kier alpha value is -3.90. The third-order valence-corrected chi connectivity index (χ3v) is 10.3. The van der Waals surface area contributed by atoms with E-state index < -0.39 is 56.6 Å². The summed E-state index contributed by atoms with van der Waals surface area (Å²) in [5.41, 5.74) is -2.10. The van der Waals surface area contributed by atoms with Gasteiger partial charge in [-0.1, -0.05) is 79.4 Å². The SMILES string of the molecule is CC1(C)c2sc(=O)n(CC(=O)Nc3ccc4ccccc4c3)c2SC2C(=O)N(c3ccccc3C(F)(F)F)C(=O)C21. The lowest BCUT2D eigenvalue weighted by Crippen LogP contribution is -2.42. The number of nitrogens with one attached hydrogen (secondary N) is 1. The van der Waals surface area contributed by atoms with Crippen molar-refractivity contribution in [3.63, 3.8) is 0 Å². The number of aromatic nitrogens is 1. The zero-order valence-corrected chi connectivity index (χ0v) is 23.3. The van der Waals surface area contributed by atoms with Crippen molar-refractivity contribution in [1.82, 2.24) is 4.57 Å². The number of carbonyl (C=O) groups excluding carboxylic acids is 3. The van der Waals surface area contributed by atoms with E-state index in [1.165, 1.54) is 16.7 Å². The van der Waals surface area contributed by atoms with E-state index in [9.17, 15) is 32.3 Å². The topological polar surface area (TPSA) is 88.5 Å². The van der Waals surface area contributed by atoms with Crippen molar-refractivity contribution in [2.45, 2.75) is 42.3 Å². The lowest BCUT2D eigenvalue weighted by molar-refractivity contribution is -0.137. The van der Waals surface area contributed by atoms with Crippen LogP contribution in [-0.2, 0) is 32.5 Å². The fourth-order valence-corrected chi connectivity index (χ4v) is 8.56. The minimum absolute atomic E-state index is 0.333. The van der Waals surface area contributed by atoms with E-state index in [1.807, 2.05) is 36.4 Å². The molecular formula is C29H22F3N3O4S2. The van der Waals surface area contributed by atoms with Crippen LogP contribution in [0.15, 0.2) is 76.6 Å². The zero-order valence-electron chi connectivity index (χ0n) is 21.7. The number of alkyl halides is 3. The van der Waals surface area contributed by atoms with Gasteiger partial charge in [-0.05, 0) is 35.0 Å². The number of amides is 3. The van der Waals surface area contributed by atoms with Crippen LogP contribution >= 0.6 is 23.1 Å². The van der Waals surface area contributed by atoms with E-state index in [-0.39, 0.29) is 6.54 Å². The molecule has 0 saturated carbocycles. The fourth-order valence-electron chi connectivity index (χ4n) is 5.52. The minimum atomic E-state index is -4.77. The van der Waals surface area contributed by atoms with Gasteiger partial charge in [0.25, 0.3) is 0 Å². The van der Waals surface area contributed by atoms with Crippen LogP contribution in [0.1, 0.15) is 24.3 Å². The van der Waals surface area contributed by atoms with Crippen molar-refractivity contribution in [2.24, 2.45) is 5.92 Å². The summed E-state index contributed by atoms with van der Waals surface area (Å²) in [6.45, 7) is 3.06. The average Bonchev–Trinajstić information content (AvgIpc) is 3.37. The number of rotatable bonds is 4. The van der Waals surface area contributed by atoms with Gasteiger partial charge >= 0.3 is 11.0 Å². The normalized spacial score (nSPS) is 19.8. The van der Waals surface area contributed by atoms with Gasteiger partial charge in [0.1, 0.15) is 11.8 Å². The van der Waals surface area contributed by atoms with Crippen LogP contribution in [0.5, 0.6) is 0 Å². The first-order chi connectivity index (χ1) is 19.4. The second-order valence-electron chi connectivity index (χ2n) is 10.5. The minimum Gasteiger partial charge on any atom is -0.325 e. The summed E-state index contributed by atoms with van der Waals surface area (Å²) in [4.78, 5) is 54.0. The first kappa shape index (κ1) is 27.3. The van der Waals surface area contributed by atoms with Gasteiger partial charge in [-0.3, -0.25) is 23.7 Å². The van der Waals surface area contributed by atoms with E-state index >= 15 is 0 Å². The molecule has 2 atom stereocenters. The highest BCUT2D eigenvalue weighted by molar-refractivity contribution is 8.00. The number of thioether (sulfide) groups is 1. The number of para-hydroxylation sites is 1. The molecule has 1 saturated heterocycles. The molecule has 7 nitrogen and oxygen atoms in total. The second kappa shape index (κ2) is 9.59. The van der Waals surface area contributed by atoms with Crippen molar-refractivity contribution in [1.29, 1.82) is 0 Å². The van der Waals surface area contributed by atoms with Gasteiger partial charge in [0, 0.05) is 16.0 Å². The predicted molar refractivity (Wildman–Crippen MR) is 151 cm³/mol. The summed E-state index contributed by atoms with van der Waals surface area (Å²) in [6.07, 6.45) is -4.77.